The number of carbonyl (C=O) groups is 1. The number of anilines is 2. The average Bonchev–Trinajstić information content (AvgIpc) is 3.32. The molecule has 0 saturated carbocycles. The summed E-state index contributed by atoms with van der Waals surface area (Å²) in [7, 11) is 0. The van der Waals surface area contributed by atoms with Crippen molar-refractivity contribution in [1.29, 1.82) is 0 Å². The zero-order valence-electron chi connectivity index (χ0n) is 21.4. The van der Waals surface area contributed by atoms with Crippen LogP contribution in [0.5, 0.6) is 0 Å². The highest BCUT2D eigenvalue weighted by Crippen LogP contribution is 2.35. The van der Waals surface area contributed by atoms with Gasteiger partial charge in [-0.05, 0) is 55.2 Å². The molecule has 1 unspecified atom stereocenters. The standard InChI is InChI=1S/C30H28ClN5OS/c1-19-10-9-15-25(20(19)2)33-28(37)27-21(3)32-29-34-30(38-18-23-13-7-8-14-24(23)31)35-36(29)26(27)17-16-22-11-5-4-6-12-22/h4-17,26H,18H2,1-3H3,(H,33,37)(H,32,34,35)/b17-16+. The van der Waals surface area contributed by atoms with Crippen LogP contribution in [-0.2, 0) is 10.5 Å². The molecule has 2 N–H and O–H groups in total. The van der Waals surface area contributed by atoms with Crippen LogP contribution < -0.4 is 10.6 Å². The Morgan fingerprint density at radius 1 is 1.05 bits per heavy atom. The van der Waals surface area contributed by atoms with E-state index in [1.54, 1.807) is 4.68 Å². The Balaban J connectivity index is 1.47. The third kappa shape index (κ3) is 5.54. The number of thioether (sulfide) groups is 1. The number of aromatic nitrogens is 3. The number of amides is 1. The molecule has 0 fully saturated rings. The first kappa shape index (κ1) is 25.8. The lowest BCUT2D eigenvalue weighted by molar-refractivity contribution is -0.113. The predicted octanol–water partition coefficient (Wildman–Crippen LogP) is 7.43. The fourth-order valence-corrected chi connectivity index (χ4v) is 5.42. The van der Waals surface area contributed by atoms with Gasteiger partial charge in [-0.3, -0.25) is 4.79 Å². The van der Waals surface area contributed by atoms with Crippen molar-refractivity contribution in [3.05, 3.63) is 117 Å². The Morgan fingerprint density at radius 3 is 2.61 bits per heavy atom. The molecule has 1 aliphatic rings. The summed E-state index contributed by atoms with van der Waals surface area (Å²) in [4.78, 5) is 18.4. The normalized spacial score (nSPS) is 14.9. The molecule has 0 saturated heterocycles. The minimum absolute atomic E-state index is 0.183. The molecule has 0 radical (unpaired) electrons. The maximum absolute atomic E-state index is 13.7. The lowest BCUT2D eigenvalue weighted by Gasteiger charge is -2.26. The second-order valence-electron chi connectivity index (χ2n) is 9.12. The van der Waals surface area contributed by atoms with Crippen LogP contribution in [0.25, 0.3) is 6.08 Å². The third-order valence-electron chi connectivity index (χ3n) is 6.56. The van der Waals surface area contributed by atoms with Gasteiger partial charge in [0.1, 0.15) is 6.04 Å². The lowest BCUT2D eigenvalue weighted by atomic mass is 10.00. The first-order valence-electron chi connectivity index (χ1n) is 12.3. The van der Waals surface area contributed by atoms with Crippen LogP contribution in [0, 0.1) is 13.8 Å². The molecule has 192 valence electrons. The molecule has 1 aliphatic heterocycles. The summed E-state index contributed by atoms with van der Waals surface area (Å²) in [5, 5.41) is 12.5. The van der Waals surface area contributed by atoms with E-state index in [1.165, 1.54) is 11.8 Å². The summed E-state index contributed by atoms with van der Waals surface area (Å²) >= 11 is 7.85. The minimum atomic E-state index is -0.446. The van der Waals surface area contributed by atoms with Gasteiger partial charge in [0.05, 0.1) is 5.57 Å². The number of allylic oxidation sites excluding steroid dienone is 2. The van der Waals surface area contributed by atoms with E-state index in [0.29, 0.717) is 27.5 Å². The van der Waals surface area contributed by atoms with E-state index >= 15 is 0 Å². The van der Waals surface area contributed by atoms with Gasteiger partial charge in [-0.2, -0.15) is 4.98 Å². The zero-order valence-corrected chi connectivity index (χ0v) is 23.0. The number of carbonyl (C=O) groups excluding carboxylic acids is 1. The molecule has 1 aromatic heterocycles. The first-order chi connectivity index (χ1) is 18.4. The first-order valence-corrected chi connectivity index (χ1v) is 13.7. The maximum atomic E-state index is 13.7. The van der Waals surface area contributed by atoms with E-state index < -0.39 is 6.04 Å². The number of nitrogens with one attached hydrogen (secondary N) is 2. The molecule has 2 heterocycles. The SMILES string of the molecule is CC1=C(C(=O)Nc2cccc(C)c2C)C(/C=C/c2ccccc2)n2nc(SCc3ccccc3Cl)nc2N1. The van der Waals surface area contributed by atoms with Crippen LogP contribution in [0.15, 0.2) is 95.3 Å². The molecule has 1 atom stereocenters. The zero-order chi connectivity index (χ0) is 26.6. The average molecular weight is 542 g/mol. The molecule has 0 bridgehead atoms. The van der Waals surface area contributed by atoms with Crippen LogP contribution in [0.2, 0.25) is 5.02 Å². The number of nitrogens with zero attached hydrogens (tertiary/aromatic N) is 3. The summed E-state index contributed by atoms with van der Waals surface area (Å²) in [5.74, 6) is 1.05. The lowest BCUT2D eigenvalue weighted by Crippen LogP contribution is -2.30. The van der Waals surface area contributed by atoms with Gasteiger partial charge in [0.2, 0.25) is 11.1 Å². The molecule has 4 aromatic rings. The fraction of sp³-hybridized carbons (Fsp3) is 0.167. The van der Waals surface area contributed by atoms with Crippen molar-refractivity contribution in [3.63, 3.8) is 0 Å². The van der Waals surface area contributed by atoms with Crippen molar-refractivity contribution in [1.82, 2.24) is 14.8 Å². The number of benzene rings is 3. The molecule has 0 spiro atoms. The van der Waals surface area contributed by atoms with Gasteiger partial charge in [-0.25, -0.2) is 4.68 Å². The van der Waals surface area contributed by atoms with Gasteiger partial charge >= 0.3 is 0 Å². The van der Waals surface area contributed by atoms with E-state index in [1.807, 2.05) is 106 Å². The quantitative estimate of drug-likeness (QED) is 0.238. The van der Waals surface area contributed by atoms with Crippen molar-refractivity contribution < 1.29 is 4.79 Å². The number of halogens is 1. The topological polar surface area (TPSA) is 71.8 Å². The highest BCUT2D eigenvalue weighted by Gasteiger charge is 2.32. The molecule has 0 aliphatic carbocycles. The Morgan fingerprint density at radius 2 is 1.82 bits per heavy atom. The van der Waals surface area contributed by atoms with Crippen molar-refractivity contribution >= 4 is 47.0 Å². The highest BCUT2D eigenvalue weighted by molar-refractivity contribution is 7.98. The smallest absolute Gasteiger partial charge is 0.255 e. The van der Waals surface area contributed by atoms with E-state index in [0.717, 1.165) is 33.6 Å². The molecular weight excluding hydrogens is 514 g/mol. The Kier molecular flexibility index (Phi) is 7.67. The monoisotopic (exact) mass is 541 g/mol. The molecule has 6 nitrogen and oxygen atoms in total. The Hall–Kier alpha value is -3.81. The summed E-state index contributed by atoms with van der Waals surface area (Å²) in [5.41, 5.74) is 6.32. The number of rotatable bonds is 7. The van der Waals surface area contributed by atoms with Crippen molar-refractivity contribution in [2.45, 2.75) is 37.7 Å². The minimum Gasteiger partial charge on any atom is -0.328 e. The van der Waals surface area contributed by atoms with E-state index in [-0.39, 0.29) is 5.91 Å². The van der Waals surface area contributed by atoms with E-state index in [9.17, 15) is 4.79 Å². The second kappa shape index (κ2) is 11.3. The van der Waals surface area contributed by atoms with Gasteiger partial charge in [0.25, 0.3) is 5.91 Å². The highest BCUT2D eigenvalue weighted by atomic mass is 35.5. The summed E-state index contributed by atoms with van der Waals surface area (Å²) < 4.78 is 1.78. The maximum Gasteiger partial charge on any atom is 0.255 e. The van der Waals surface area contributed by atoms with E-state index in [2.05, 4.69) is 10.6 Å². The third-order valence-corrected chi connectivity index (χ3v) is 7.81. The molecule has 38 heavy (non-hydrogen) atoms. The van der Waals surface area contributed by atoms with Gasteiger partial charge in [-0.15, -0.1) is 5.10 Å². The summed E-state index contributed by atoms with van der Waals surface area (Å²) in [6.07, 6.45) is 4.01. The second-order valence-corrected chi connectivity index (χ2v) is 10.5. The predicted molar refractivity (Wildman–Crippen MR) is 156 cm³/mol. The van der Waals surface area contributed by atoms with E-state index in [4.69, 9.17) is 21.7 Å². The molecular formula is C30H28ClN5OS. The van der Waals surface area contributed by atoms with Crippen LogP contribution in [-0.4, -0.2) is 20.7 Å². The number of fused-ring (bicyclic) bond motifs is 1. The Labute approximate surface area is 231 Å². The molecule has 8 heteroatoms. The van der Waals surface area contributed by atoms with Crippen LogP contribution in [0.1, 0.15) is 35.2 Å². The van der Waals surface area contributed by atoms with Crippen LogP contribution >= 0.6 is 23.4 Å². The molecule has 1 amide bonds. The fourth-order valence-electron chi connectivity index (χ4n) is 4.31. The molecule has 5 rings (SSSR count). The van der Waals surface area contributed by atoms with Crippen molar-refractivity contribution in [2.24, 2.45) is 0 Å². The van der Waals surface area contributed by atoms with Gasteiger partial charge in [0.15, 0.2) is 0 Å². The number of hydrogen-bond donors (Lipinski definition) is 2. The number of aryl methyl sites for hydroxylation is 1. The van der Waals surface area contributed by atoms with Crippen LogP contribution in [0.3, 0.4) is 0 Å². The summed E-state index contributed by atoms with van der Waals surface area (Å²) in [6.45, 7) is 5.94. The largest absolute Gasteiger partial charge is 0.328 e. The summed E-state index contributed by atoms with van der Waals surface area (Å²) in [6, 6.07) is 23.2. The Bertz CT molecular complexity index is 1540. The van der Waals surface area contributed by atoms with Gasteiger partial charge in [0, 0.05) is 22.2 Å². The van der Waals surface area contributed by atoms with Crippen molar-refractivity contribution in [2.75, 3.05) is 10.6 Å². The molecule has 3 aromatic carbocycles. The van der Waals surface area contributed by atoms with Gasteiger partial charge in [-0.1, -0.05) is 96.2 Å². The van der Waals surface area contributed by atoms with Crippen LogP contribution in [0.4, 0.5) is 11.6 Å². The van der Waals surface area contributed by atoms with Gasteiger partial charge < -0.3 is 10.6 Å². The van der Waals surface area contributed by atoms with Crippen molar-refractivity contribution in [3.8, 4) is 0 Å². The number of hydrogen-bond acceptors (Lipinski definition) is 5.